The highest BCUT2D eigenvalue weighted by Gasteiger charge is 1.96. The Bertz CT molecular complexity index is 223. The maximum absolute atomic E-state index is 10.8. The molecule has 0 aliphatic rings. The zero-order chi connectivity index (χ0) is 14.9. The molecule has 0 aromatic carbocycles. The third-order valence-electron chi connectivity index (χ3n) is 3.66. The van der Waals surface area contributed by atoms with E-state index in [4.69, 9.17) is 4.74 Å². The molecule has 2 heteroatoms. The van der Waals surface area contributed by atoms with E-state index in [9.17, 15) is 4.79 Å². The van der Waals surface area contributed by atoms with Gasteiger partial charge in [-0.25, -0.2) is 4.79 Å². The quantitative estimate of drug-likeness (QED) is 0.215. The minimum Gasteiger partial charge on any atom is -0.463 e. The maximum Gasteiger partial charge on any atom is 0.330 e. The first-order valence-corrected chi connectivity index (χ1v) is 8.60. The number of rotatable bonds is 15. The zero-order valence-corrected chi connectivity index (χ0v) is 13.5. The topological polar surface area (TPSA) is 26.3 Å². The molecule has 0 fully saturated rings. The van der Waals surface area contributed by atoms with E-state index in [1.54, 1.807) is 0 Å². The summed E-state index contributed by atoms with van der Waals surface area (Å²) in [6.07, 6.45) is 18.6. The molecule has 0 rings (SSSR count). The lowest BCUT2D eigenvalue weighted by atomic mass is 10.0. The van der Waals surface area contributed by atoms with Crippen LogP contribution < -0.4 is 0 Å². The van der Waals surface area contributed by atoms with E-state index in [1.807, 2.05) is 0 Å². The van der Waals surface area contributed by atoms with Crippen LogP contribution in [0.3, 0.4) is 0 Å². The molecule has 0 aromatic heterocycles. The normalized spacial score (nSPS) is 10.4. The molecule has 0 saturated carbocycles. The number of carbonyl (C=O) groups excluding carboxylic acids is 1. The molecule has 0 radical (unpaired) electrons. The summed E-state index contributed by atoms with van der Waals surface area (Å²) in [5.41, 5.74) is 0. The monoisotopic (exact) mass is 282 g/mol. The lowest BCUT2D eigenvalue weighted by Crippen LogP contribution is -2.01. The number of hydrogen-bond acceptors (Lipinski definition) is 2. The van der Waals surface area contributed by atoms with Gasteiger partial charge in [-0.1, -0.05) is 90.6 Å². The van der Waals surface area contributed by atoms with Crippen molar-refractivity contribution >= 4 is 5.97 Å². The van der Waals surface area contributed by atoms with Gasteiger partial charge < -0.3 is 4.74 Å². The van der Waals surface area contributed by atoms with E-state index in [-0.39, 0.29) is 5.97 Å². The van der Waals surface area contributed by atoms with Gasteiger partial charge in [0.1, 0.15) is 0 Å². The van der Waals surface area contributed by atoms with Crippen LogP contribution >= 0.6 is 0 Å². The Balaban J connectivity index is 2.99. The minimum atomic E-state index is -0.302. The molecule has 0 amide bonds. The van der Waals surface area contributed by atoms with Gasteiger partial charge in [0, 0.05) is 6.08 Å². The summed E-state index contributed by atoms with van der Waals surface area (Å²) >= 11 is 0. The minimum absolute atomic E-state index is 0.302. The van der Waals surface area contributed by atoms with Crippen molar-refractivity contribution in [2.45, 2.75) is 90.4 Å². The maximum atomic E-state index is 10.8. The van der Waals surface area contributed by atoms with Crippen LogP contribution in [0, 0.1) is 0 Å². The molecule has 0 bridgehead atoms. The van der Waals surface area contributed by atoms with E-state index in [2.05, 4.69) is 13.5 Å². The first-order chi connectivity index (χ1) is 9.81. The van der Waals surface area contributed by atoms with Crippen LogP contribution in [0.2, 0.25) is 0 Å². The Kier molecular flexibility index (Phi) is 15.6. The van der Waals surface area contributed by atoms with Crippen molar-refractivity contribution in [1.82, 2.24) is 0 Å². The highest BCUT2D eigenvalue weighted by atomic mass is 16.5. The fourth-order valence-corrected chi connectivity index (χ4v) is 2.35. The third kappa shape index (κ3) is 15.3. The van der Waals surface area contributed by atoms with Gasteiger partial charge in [-0.2, -0.15) is 0 Å². The van der Waals surface area contributed by atoms with Gasteiger partial charge >= 0.3 is 5.97 Å². The van der Waals surface area contributed by atoms with Crippen molar-refractivity contribution in [3.63, 3.8) is 0 Å². The second-order valence-corrected chi connectivity index (χ2v) is 5.61. The van der Waals surface area contributed by atoms with Gasteiger partial charge in [0.25, 0.3) is 0 Å². The molecule has 0 heterocycles. The first-order valence-electron chi connectivity index (χ1n) is 8.60. The van der Waals surface area contributed by atoms with E-state index in [0.717, 1.165) is 6.42 Å². The molecule has 0 aromatic rings. The molecule has 0 unspecified atom stereocenters. The van der Waals surface area contributed by atoms with Crippen LogP contribution in [0.1, 0.15) is 90.4 Å². The molecule has 2 nitrogen and oxygen atoms in total. The SMILES string of the molecule is C=CC(=O)OCCCCCCCCCCCCCCC. The molecular formula is C18H34O2. The van der Waals surface area contributed by atoms with Crippen molar-refractivity contribution in [1.29, 1.82) is 0 Å². The van der Waals surface area contributed by atoms with Crippen molar-refractivity contribution in [3.05, 3.63) is 12.7 Å². The number of carbonyl (C=O) groups is 1. The van der Waals surface area contributed by atoms with Gasteiger partial charge in [-0.15, -0.1) is 0 Å². The van der Waals surface area contributed by atoms with Crippen LogP contribution in [-0.2, 0) is 9.53 Å². The second-order valence-electron chi connectivity index (χ2n) is 5.61. The predicted molar refractivity (Wildman–Crippen MR) is 86.9 cm³/mol. The number of unbranched alkanes of at least 4 members (excludes halogenated alkanes) is 12. The Morgan fingerprint density at radius 3 is 1.60 bits per heavy atom. The summed E-state index contributed by atoms with van der Waals surface area (Å²) in [5.74, 6) is -0.302. The lowest BCUT2D eigenvalue weighted by Gasteiger charge is -2.03. The Morgan fingerprint density at radius 2 is 1.20 bits per heavy atom. The van der Waals surface area contributed by atoms with E-state index in [1.165, 1.54) is 83.1 Å². The van der Waals surface area contributed by atoms with Gasteiger partial charge in [0.15, 0.2) is 0 Å². The molecule has 0 N–H and O–H groups in total. The molecule has 0 aliphatic carbocycles. The molecule has 20 heavy (non-hydrogen) atoms. The van der Waals surface area contributed by atoms with Crippen LogP contribution in [0.4, 0.5) is 0 Å². The Labute approximate surface area is 126 Å². The van der Waals surface area contributed by atoms with Crippen LogP contribution in [0.5, 0.6) is 0 Å². The van der Waals surface area contributed by atoms with E-state index in [0.29, 0.717) is 6.61 Å². The highest BCUT2D eigenvalue weighted by Crippen LogP contribution is 2.12. The average Bonchev–Trinajstić information content (AvgIpc) is 2.47. The molecule has 118 valence electrons. The van der Waals surface area contributed by atoms with Gasteiger partial charge in [0.2, 0.25) is 0 Å². The zero-order valence-electron chi connectivity index (χ0n) is 13.5. The predicted octanol–water partition coefficient (Wildman–Crippen LogP) is 5.81. The standard InChI is InChI=1S/C18H34O2/c1-3-5-6-7-8-9-10-11-12-13-14-15-16-17-20-18(19)4-2/h4H,2-3,5-17H2,1H3. The molecule has 0 aliphatic heterocycles. The summed E-state index contributed by atoms with van der Waals surface area (Å²) in [4.78, 5) is 10.8. The summed E-state index contributed by atoms with van der Waals surface area (Å²) < 4.78 is 4.93. The van der Waals surface area contributed by atoms with E-state index >= 15 is 0 Å². The largest absolute Gasteiger partial charge is 0.463 e. The Morgan fingerprint density at radius 1 is 0.800 bits per heavy atom. The Hall–Kier alpha value is -0.790. The van der Waals surface area contributed by atoms with Gasteiger partial charge in [0.05, 0.1) is 6.61 Å². The third-order valence-corrected chi connectivity index (χ3v) is 3.66. The van der Waals surface area contributed by atoms with Crippen molar-refractivity contribution in [2.24, 2.45) is 0 Å². The number of ether oxygens (including phenoxy) is 1. The molecular weight excluding hydrogens is 248 g/mol. The number of hydrogen-bond donors (Lipinski definition) is 0. The van der Waals surface area contributed by atoms with Crippen LogP contribution in [-0.4, -0.2) is 12.6 Å². The molecule has 0 spiro atoms. The second kappa shape index (κ2) is 16.3. The van der Waals surface area contributed by atoms with Crippen molar-refractivity contribution in [2.75, 3.05) is 6.61 Å². The van der Waals surface area contributed by atoms with E-state index < -0.39 is 0 Å². The smallest absolute Gasteiger partial charge is 0.330 e. The molecule has 0 saturated heterocycles. The molecule has 0 atom stereocenters. The summed E-state index contributed by atoms with van der Waals surface area (Å²) in [6.45, 7) is 6.18. The average molecular weight is 282 g/mol. The number of esters is 1. The van der Waals surface area contributed by atoms with Gasteiger partial charge in [-0.3, -0.25) is 0 Å². The summed E-state index contributed by atoms with van der Waals surface area (Å²) in [7, 11) is 0. The first kappa shape index (κ1) is 19.2. The van der Waals surface area contributed by atoms with Crippen molar-refractivity contribution < 1.29 is 9.53 Å². The van der Waals surface area contributed by atoms with Crippen molar-refractivity contribution in [3.8, 4) is 0 Å². The lowest BCUT2D eigenvalue weighted by molar-refractivity contribution is -0.137. The van der Waals surface area contributed by atoms with Crippen LogP contribution in [0.15, 0.2) is 12.7 Å². The summed E-state index contributed by atoms with van der Waals surface area (Å²) in [5, 5.41) is 0. The van der Waals surface area contributed by atoms with Crippen LogP contribution in [0.25, 0.3) is 0 Å². The fourth-order valence-electron chi connectivity index (χ4n) is 2.35. The van der Waals surface area contributed by atoms with Gasteiger partial charge in [-0.05, 0) is 6.42 Å². The highest BCUT2D eigenvalue weighted by molar-refractivity contribution is 5.81. The summed E-state index contributed by atoms with van der Waals surface area (Å²) in [6, 6.07) is 0. The fraction of sp³-hybridized carbons (Fsp3) is 0.833.